The highest BCUT2D eigenvalue weighted by Crippen LogP contribution is 2.40. The van der Waals surface area contributed by atoms with E-state index in [-0.39, 0.29) is 5.41 Å². The second-order valence-electron chi connectivity index (χ2n) is 8.78. The second kappa shape index (κ2) is 11.3. The first-order valence-electron chi connectivity index (χ1n) is 12.0. The van der Waals surface area contributed by atoms with Crippen molar-refractivity contribution in [3.8, 4) is 0 Å². The van der Waals surface area contributed by atoms with Crippen LogP contribution in [-0.2, 0) is 10.2 Å². The van der Waals surface area contributed by atoms with Gasteiger partial charge in [0.05, 0.1) is 13.2 Å². The summed E-state index contributed by atoms with van der Waals surface area (Å²) in [7, 11) is 0. The molecule has 2 N–H and O–H groups in total. The molecule has 0 spiro atoms. The molecule has 0 amide bonds. The molecule has 8 nitrogen and oxygen atoms in total. The average Bonchev–Trinajstić information content (AvgIpc) is 3.39. The fourth-order valence-electron chi connectivity index (χ4n) is 4.71. The number of anilines is 2. The van der Waals surface area contributed by atoms with E-state index in [1.54, 1.807) is 18.5 Å². The number of nitrogens with one attached hydrogen (secondary N) is 2. The van der Waals surface area contributed by atoms with Gasteiger partial charge in [0.15, 0.2) is 10.3 Å². The number of hydrogen-bond donors (Lipinski definition) is 2. The highest BCUT2D eigenvalue weighted by atomic mass is 32.2. The number of aromatic nitrogens is 4. The molecular formula is C25H29N7OS2. The molecule has 10 heteroatoms. The minimum absolute atomic E-state index is 0.106. The summed E-state index contributed by atoms with van der Waals surface area (Å²) in [6.45, 7) is 3.71. The van der Waals surface area contributed by atoms with E-state index in [9.17, 15) is 0 Å². The van der Waals surface area contributed by atoms with Crippen LogP contribution >= 0.6 is 24.0 Å². The lowest BCUT2D eigenvalue weighted by Gasteiger charge is -2.30. The molecule has 2 aromatic heterocycles. The largest absolute Gasteiger partial charge is 0.378 e. The van der Waals surface area contributed by atoms with Gasteiger partial charge in [-0.1, -0.05) is 43.2 Å². The van der Waals surface area contributed by atoms with Crippen molar-refractivity contribution in [2.75, 3.05) is 43.1 Å². The lowest BCUT2D eigenvalue weighted by molar-refractivity contribution is 0.122. The Morgan fingerprint density at radius 3 is 2.51 bits per heavy atom. The summed E-state index contributed by atoms with van der Waals surface area (Å²) in [5.74, 6) is 1.30. The molecule has 1 saturated carbocycles. The second-order valence-corrected chi connectivity index (χ2v) is 10.2. The van der Waals surface area contributed by atoms with Gasteiger partial charge in [0, 0.05) is 43.5 Å². The van der Waals surface area contributed by atoms with Crippen LogP contribution in [0.5, 0.6) is 0 Å². The van der Waals surface area contributed by atoms with Gasteiger partial charge in [-0.05, 0) is 48.5 Å². The van der Waals surface area contributed by atoms with Crippen molar-refractivity contribution < 1.29 is 4.74 Å². The van der Waals surface area contributed by atoms with E-state index in [4.69, 9.17) is 26.9 Å². The van der Waals surface area contributed by atoms with Crippen LogP contribution in [0, 0.1) is 0 Å². The van der Waals surface area contributed by atoms with E-state index >= 15 is 0 Å². The zero-order valence-electron chi connectivity index (χ0n) is 19.5. The van der Waals surface area contributed by atoms with Gasteiger partial charge in [-0.3, -0.25) is 0 Å². The average molecular weight is 508 g/mol. The normalized spacial score (nSPS) is 17.2. The maximum atomic E-state index is 5.68. The van der Waals surface area contributed by atoms with E-state index < -0.39 is 0 Å². The summed E-state index contributed by atoms with van der Waals surface area (Å²) in [4.78, 5) is 20.3. The predicted octanol–water partition coefficient (Wildman–Crippen LogP) is 4.05. The molecule has 0 unspecified atom stereocenters. The SMILES string of the molecule is S=C(NCC1(c2ccccc2)CCCC1)Nc1nc(Sc2ncccn2)cc(N2CCOCC2)n1. The Kier molecular flexibility index (Phi) is 7.70. The fraction of sp³-hybridized carbons (Fsp3) is 0.400. The molecule has 0 radical (unpaired) electrons. The van der Waals surface area contributed by atoms with Crippen LogP contribution in [0.1, 0.15) is 31.2 Å². The van der Waals surface area contributed by atoms with Crippen molar-refractivity contribution in [3.63, 3.8) is 0 Å². The molecule has 1 saturated heterocycles. The summed E-state index contributed by atoms with van der Waals surface area (Å²) in [6, 6.07) is 14.5. The third-order valence-electron chi connectivity index (χ3n) is 6.52. The third kappa shape index (κ3) is 6.06. The standard InChI is InChI=1S/C25H29N7OS2/c34-23(28-18-25(9-4-5-10-25)19-7-2-1-3-8-19)31-22-29-20(32-13-15-33-16-14-32)17-21(30-22)35-24-26-11-6-12-27-24/h1-3,6-8,11-12,17H,4-5,9-10,13-16,18H2,(H2,28,29,30,31,34). The smallest absolute Gasteiger partial charge is 0.232 e. The first-order chi connectivity index (χ1) is 17.2. The molecule has 5 rings (SSSR count). The van der Waals surface area contributed by atoms with E-state index in [0.717, 1.165) is 43.3 Å². The lowest BCUT2D eigenvalue weighted by atomic mass is 9.79. The van der Waals surface area contributed by atoms with Crippen LogP contribution in [0.3, 0.4) is 0 Å². The summed E-state index contributed by atoms with van der Waals surface area (Å²) in [5, 5.41) is 8.60. The van der Waals surface area contributed by atoms with Gasteiger partial charge in [-0.25, -0.2) is 15.0 Å². The van der Waals surface area contributed by atoms with Gasteiger partial charge in [-0.2, -0.15) is 4.98 Å². The topological polar surface area (TPSA) is 88.1 Å². The van der Waals surface area contributed by atoms with Crippen LogP contribution in [0.2, 0.25) is 0 Å². The van der Waals surface area contributed by atoms with Gasteiger partial charge in [0.1, 0.15) is 10.8 Å². The van der Waals surface area contributed by atoms with Gasteiger partial charge < -0.3 is 20.3 Å². The van der Waals surface area contributed by atoms with Crippen molar-refractivity contribution in [1.29, 1.82) is 0 Å². The number of morpholine rings is 1. The van der Waals surface area contributed by atoms with Crippen LogP contribution < -0.4 is 15.5 Å². The van der Waals surface area contributed by atoms with E-state index in [1.807, 2.05) is 6.07 Å². The number of benzene rings is 1. The third-order valence-corrected chi connectivity index (χ3v) is 7.58. The molecule has 0 atom stereocenters. The van der Waals surface area contributed by atoms with E-state index in [2.05, 4.69) is 55.8 Å². The van der Waals surface area contributed by atoms with Gasteiger partial charge in [-0.15, -0.1) is 0 Å². The van der Waals surface area contributed by atoms with Crippen molar-refractivity contribution in [3.05, 3.63) is 60.4 Å². The zero-order chi connectivity index (χ0) is 23.9. The Morgan fingerprint density at radius 1 is 1.03 bits per heavy atom. The van der Waals surface area contributed by atoms with Gasteiger partial charge in [0.25, 0.3) is 0 Å². The minimum atomic E-state index is 0.106. The predicted molar refractivity (Wildman–Crippen MR) is 142 cm³/mol. The molecule has 2 fully saturated rings. The Balaban J connectivity index is 1.31. The Morgan fingerprint density at radius 2 is 1.77 bits per heavy atom. The molecular weight excluding hydrogens is 478 g/mol. The van der Waals surface area contributed by atoms with Crippen molar-refractivity contribution in [2.24, 2.45) is 0 Å². The Hall–Kier alpha value is -2.82. The van der Waals surface area contributed by atoms with Crippen LogP contribution in [0.15, 0.2) is 65.0 Å². The maximum Gasteiger partial charge on any atom is 0.232 e. The summed E-state index contributed by atoms with van der Waals surface area (Å²) in [5.41, 5.74) is 1.48. The monoisotopic (exact) mass is 507 g/mol. The highest BCUT2D eigenvalue weighted by Gasteiger charge is 2.35. The van der Waals surface area contributed by atoms with Crippen LogP contribution in [-0.4, -0.2) is 57.9 Å². The van der Waals surface area contributed by atoms with Gasteiger partial charge in [0.2, 0.25) is 5.95 Å². The number of hydrogen-bond acceptors (Lipinski definition) is 8. The molecule has 1 aliphatic heterocycles. The summed E-state index contributed by atoms with van der Waals surface area (Å²) in [6.07, 6.45) is 8.25. The number of thiocarbonyl (C=S) groups is 1. The van der Waals surface area contributed by atoms with Gasteiger partial charge >= 0.3 is 0 Å². The summed E-state index contributed by atoms with van der Waals surface area (Å²) < 4.78 is 5.51. The first kappa shape index (κ1) is 23.9. The summed E-state index contributed by atoms with van der Waals surface area (Å²) >= 11 is 7.08. The number of nitrogens with zero attached hydrogens (tertiary/aromatic N) is 5. The molecule has 3 aromatic rings. The van der Waals surface area contributed by atoms with Crippen molar-refractivity contribution >= 4 is 40.9 Å². The zero-order valence-corrected chi connectivity index (χ0v) is 21.2. The maximum absolute atomic E-state index is 5.68. The molecule has 1 aromatic carbocycles. The van der Waals surface area contributed by atoms with Crippen molar-refractivity contribution in [2.45, 2.75) is 41.3 Å². The molecule has 0 bridgehead atoms. The van der Waals surface area contributed by atoms with Crippen LogP contribution in [0.4, 0.5) is 11.8 Å². The molecule has 35 heavy (non-hydrogen) atoms. The fourth-order valence-corrected chi connectivity index (χ4v) is 5.59. The number of rotatable bonds is 7. The molecule has 1 aliphatic carbocycles. The quantitative estimate of drug-likeness (QED) is 0.277. The molecule has 182 valence electrons. The molecule has 2 aliphatic rings. The lowest BCUT2D eigenvalue weighted by Crippen LogP contribution is -2.41. The highest BCUT2D eigenvalue weighted by molar-refractivity contribution is 7.99. The van der Waals surface area contributed by atoms with E-state index in [1.165, 1.54) is 30.2 Å². The minimum Gasteiger partial charge on any atom is -0.378 e. The molecule has 3 heterocycles. The van der Waals surface area contributed by atoms with E-state index in [0.29, 0.717) is 29.4 Å². The number of ether oxygens (including phenoxy) is 1. The Bertz CT molecular complexity index is 1120. The van der Waals surface area contributed by atoms with Crippen LogP contribution in [0.25, 0.3) is 0 Å². The Labute approximate surface area is 215 Å². The first-order valence-corrected chi connectivity index (χ1v) is 13.2. The van der Waals surface area contributed by atoms with Crippen molar-refractivity contribution in [1.82, 2.24) is 25.3 Å².